The van der Waals surface area contributed by atoms with Gasteiger partial charge < -0.3 is 0 Å². The Morgan fingerprint density at radius 1 is 0.917 bits per heavy atom. The maximum atomic E-state index is 9.52. The number of carbonyl (C=O) groups excluding carboxylic acids is 2. The van der Waals surface area contributed by atoms with Crippen molar-refractivity contribution in [3.05, 3.63) is 0 Å². The lowest BCUT2D eigenvalue weighted by atomic mass is 10.3. The summed E-state index contributed by atoms with van der Waals surface area (Å²) in [5, 5.41) is 0. The SMILES string of the molecule is NN.O=C=NCCCCN=C=O. The Morgan fingerprint density at radius 3 is 1.50 bits per heavy atom. The second-order valence-electron chi connectivity index (χ2n) is 1.65. The van der Waals surface area contributed by atoms with Crippen molar-refractivity contribution in [2.45, 2.75) is 12.8 Å². The zero-order valence-corrected chi connectivity index (χ0v) is 6.69. The molecule has 0 saturated heterocycles. The van der Waals surface area contributed by atoms with Crippen LogP contribution in [0.25, 0.3) is 0 Å². The number of hydrogen-bond donors (Lipinski definition) is 2. The van der Waals surface area contributed by atoms with Crippen LogP contribution in [0.2, 0.25) is 0 Å². The number of unbranched alkanes of at least 4 members (excludes halogenated alkanes) is 1. The van der Waals surface area contributed by atoms with Crippen LogP contribution in [0, 0.1) is 0 Å². The molecule has 0 bridgehead atoms. The first-order chi connectivity index (χ1) is 5.91. The molecule has 0 saturated carbocycles. The van der Waals surface area contributed by atoms with E-state index in [1.165, 1.54) is 12.2 Å². The Labute approximate surface area is 70.3 Å². The van der Waals surface area contributed by atoms with E-state index in [0.29, 0.717) is 13.1 Å². The molecule has 6 nitrogen and oxygen atoms in total. The lowest BCUT2D eigenvalue weighted by Crippen LogP contribution is -2.02. The lowest BCUT2D eigenvalue weighted by Gasteiger charge is -1.87. The molecule has 0 amide bonds. The van der Waals surface area contributed by atoms with Crippen molar-refractivity contribution in [1.82, 2.24) is 0 Å². The number of hydrogen-bond acceptors (Lipinski definition) is 6. The van der Waals surface area contributed by atoms with Crippen molar-refractivity contribution < 1.29 is 9.59 Å². The van der Waals surface area contributed by atoms with Gasteiger partial charge in [-0.15, -0.1) is 0 Å². The fourth-order valence-corrected chi connectivity index (χ4v) is 0.473. The van der Waals surface area contributed by atoms with Gasteiger partial charge in [0.25, 0.3) is 0 Å². The van der Waals surface area contributed by atoms with E-state index in [4.69, 9.17) is 0 Å². The fourth-order valence-electron chi connectivity index (χ4n) is 0.473. The van der Waals surface area contributed by atoms with Crippen molar-refractivity contribution in [1.29, 1.82) is 0 Å². The van der Waals surface area contributed by atoms with Gasteiger partial charge in [-0.05, 0) is 12.8 Å². The van der Waals surface area contributed by atoms with E-state index in [-0.39, 0.29) is 0 Å². The summed E-state index contributed by atoms with van der Waals surface area (Å²) in [6.07, 6.45) is 4.38. The van der Waals surface area contributed by atoms with Crippen LogP contribution in [0.5, 0.6) is 0 Å². The second-order valence-corrected chi connectivity index (χ2v) is 1.65. The van der Waals surface area contributed by atoms with Gasteiger partial charge in [0.1, 0.15) is 0 Å². The maximum Gasteiger partial charge on any atom is 0.234 e. The topological polar surface area (TPSA) is 111 Å². The Kier molecular flexibility index (Phi) is 18.1. The molecule has 6 heteroatoms. The predicted octanol–water partition coefficient (Wildman–Crippen LogP) is -0.743. The Bertz CT molecular complexity index is 150. The molecule has 0 radical (unpaired) electrons. The summed E-state index contributed by atoms with van der Waals surface area (Å²) in [5.74, 6) is 8.00. The van der Waals surface area contributed by atoms with Gasteiger partial charge >= 0.3 is 0 Å². The lowest BCUT2D eigenvalue weighted by molar-refractivity contribution is 0.559. The number of nitrogens with zero attached hydrogens (tertiary/aromatic N) is 2. The molecular formula is C6H12N4O2. The van der Waals surface area contributed by atoms with Gasteiger partial charge in [0.15, 0.2) is 0 Å². The molecule has 0 spiro atoms. The van der Waals surface area contributed by atoms with Gasteiger partial charge in [-0.25, -0.2) is 19.6 Å². The van der Waals surface area contributed by atoms with Crippen molar-refractivity contribution in [3.8, 4) is 0 Å². The molecule has 0 atom stereocenters. The standard InChI is InChI=1S/C6H8N2O2.H4N2/c9-5-7-3-1-2-4-8-6-10;1-2/h1-4H2;1-2H2. The first-order valence-electron chi connectivity index (χ1n) is 3.32. The highest BCUT2D eigenvalue weighted by atomic mass is 16.1. The molecule has 0 unspecified atom stereocenters. The minimum absolute atomic E-state index is 0.470. The number of aliphatic imine (C=N–C) groups is 2. The van der Waals surface area contributed by atoms with E-state index >= 15 is 0 Å². The number of isocyanates is 2. The molecule has 68 valence electrons. The highest BCUT2D eigenvalue weighted by Gasteiger charge is 1.83. The third kappa shape index (κ3) is 15.9. The highest BCUT2D eigenvalue weighted by molar-refractivity contribution is 5.33. The monoisotopic (exact) mass is 172 g/mol. The Balaban J connectivity index is 0. The first kappa shape index (κ1) is 13.3. The van der Waals surface area contributed by atoms with E-state index in [9.17, 15) is 9.59 Å². The third-order valence-electron chi connectivity index (χ3n) is 0.919. The van der Waals surface area contributed by atoms with Gasteiger partial charge in [-0.2, -0.15) is 0 Å². The molecule has 0 rings (SSSR count). The van der Waals surface area contributed by atoms with Crippen LogP contribution in [0.15, 0.2) is 9.98 Å². The summed E-state index contributed by atoms with van der Waals surface area (Å²) in [7, 11) is 0. The highest BCUT2D eigenvalue weighted by Crippen LogP contribution is 1.88. The van der Waals surface area contributed by atoms with Gasteiger partial charge in [0, 0.05) is 0 Å². The van der Waals surface area contributed by atoms with E-state index in [2.05, 4.69) is 21.7 Å². The van der Waals surface area contributed by atoms with Crippen LogP contribution in [-0.2, 0) is 9.59 Å². The summed E-state index contributed by atoms with van der Waals surface area (Å²) < 4.78 is 0. The molecule has 0 aliphatic carbocycles. The van der Waals surface area contributed by atoms with E-state index in [1.807, 2.05) is 0 Å². The zero-order valence-electron chi connectivity index (χ0n) is 6.69. The largest absolute Gasteiger partial charge is 0.274 e. The third-order valence-corrected chi connectivity index (χ3v) is 0.919. The normalized spacial score (nSPS) is 6.83. The van der Waals surface area contributed by atoms with Crippen LogP contribution in [0.1, 0.15) is 12.8 Å². The predicted molar refractivity (Wildman–Crippen MR) is 43.6 cm³/mol. The molecular weight excluding hydrogens is 160 g/mol. The minimum atomic E-state index is 0.470. The van der Waals surface area contributed by atoms with Crippen LogP contribution >= 0.6 is 0 Å². The molecule has 0 aliphatic rings. The molecule has 0 fully saturated rings. The maximum absolute atomic E-state index is 9.52. The van der Waals surface area contributed by atoms with Gasteiger partial charge in [-0.1, -0.05) is 0 Å². The van der Waals surface area contributed by atoms with Crippen LogP contribution in [0.4, 0.5) is 0 Å². The van der Waals surface area contributed by atoms with Gasteiger partial charge in [0.05, 0.1) is 13.1 Å². The summed E-state index contributed by atoms with van der Waals surface area (Å²) in [6.45, 7) is 0.940. The van der Waals surface area contributed by atoms with E-state index in [0.717, 1.165) is 12.8 Å². The number of hydrazine groups is 1. The molecule has 0 aromatic carbocycles. The molecule has 0 aliphatic heterocycles. The van der Waals surface area contributed by atoms with Gasteiger partial charge in [0.2, 0.25) is 12.2 Å². The quantitative estimate of drug-likeness (QED) is 0.187. The van der Waals surface area contributed by atoms with Crippen molar-refractivity contribution in [2.75, 3.05) is 13.1 Å². The van der Waals surface area contributed by atoms with Crippen molar-refractivity contribution in [2.24, 2.45) is 21.7 Å². The summed E-state index contributed by atoms with van der Waals surface area (Å²) in [5.41, 5.74) is 0. The van der Waals surface area contributed by atoms with Crippen LogP contribution in [-0.4, -0.2) is 25.2 Å². The molecule has 4 N–H and O–H groups in total. The van der Waals surface area contributed by atoms with Crippen molar-refractivity contribution in [3.63, 3.8) is 0 Å². The molecule has 0 aromatic rings. The smallest absolute Gasteiger partial charge is 0.234 e. The van der Waals surface area contributed by atoms with E-state index < -0.39 is 0 Å². The minimum Gasteiger partial charge on any atom is -0.274 e. The number of rotatable bonds is 5. The van der Waals surface area contributed by atoms with Crippen molar-refractivity contribution >= 4 is 12.2 Å². The van der Waals surface area contributed by atoms with Crippen LogP contribution < -0.4 is 11.7 Å². The molecule has 0 heterocycles. The average molecular weight is 172 g/mol. The fraction of sp³-hybridized carbons (Fsp3) is 0.667. The number of nitrogens with two attached hydrogens (primary N) is 2. The van der Waals surface area contributed by atoms with Crippen LogP contribution in [0.3, 0.4) is 0 Å². The summed E-state index contributed by atoms with van der Waals surface area (Å²) in [6, 6.07) is 0. The zero-order chi connectivity index (χ0) is 9.66. The summed E-state index contributed by atoms with van der Waals surface area (Å²) in [4.78, 5) is 25.7. The van der Waals surface area contributed by atoms with Gasteiger partial charge in [-0.3, -0.25) is 11.7 Å². The summed E-state index contributed by atoms with van der Waals surface area (Å²) >= 11 is 0. The Hall–Kier alpha value is -1.32. The Morgan fingerprint density at radius 2 is 1.25 bits per heavy atom. The second kappa shape index (κ2) is 16.3. The average Bonchev–Trinajstić information content (AvgIpc) is 2.15. The molecule has 12 heavy (non-hydrogen) atoms. The van der Waals surface area contributed by atoms with E-state index in [1.54, 1.807) is 0 Å². The molecule has 0 aromatic heterocycles. The first-order valence-corrected chi connectivity index (χ1v) is 3.32.